The maximum atomic E-state index is 11.0. The van der Waals surface area contributed by atoms with Crippen LogP contribution in [0.2, 0.25) is 0 Å². The molecule has 21 heavy (non-hydrogen) atoms. The van der Waals surface area contributed by atoms with Crippen LogP contribution in [0.1, 0.15) is 37.7 Å². The van der Waals surface area contributed by atoms with E-state index in [-0.39, 0.29) is 5.91 Å². The zero-order chi connectivity index (χ0) is 14.7. The van der Waals surface area contributed by atoms with Gasteiger partial charge in [0.1, 0.15) is 0 Å². The fourth-order valence-corrected chi connectivity index (χ4v) is 3.05. The van der Waals surface area contributed by atoms with Crippen molar-refractivity contribution in [3.05, 3.63) is 29.8 Å². The summed E-state index contributed by atoms with van der Waals surface area (Å²) in [5.74, 6) is 0.307. The second-order valence-electron chi connectivity index (χ2n) is 6.42. The van der Waals surface area contributed by atoms with Crippen molar-refractivity contribution >= 4 is 11.6 Å². The number of piperidine rings is 1. The maximum absolute atomic E-state index is 11.0. The molecule has 3 rings (SSSR count). The molecule has 3 N–H and O–H groups in total. The molecule has 4 nitrogen and oxygen atoms in total. The smallest absolute Gasteiger partial charge is 0.217 e. The molecule has 0 spiro atoms. The van der Waals surface area contributed by atoms with Crippen LogP contribution < -0.4 is 16.0 Å². The van der Waals surface area contributed by atoms with E-state index in [1.807, 2.05) is 0 Å². The van der Waals surface area contributed by atoms with Gasteiger partial charge in [0.15, 0.2) is 0 Å². The van der Waals surface area contributed by atoms with Gasteiger partial charge >= 0.3 is 0 Å². The summed E-state index contributed by atoms with van der Waals surface area (Å²) in [4.78, 5) is 13.4. The lowest BCUT2D eigenvalue weighted by molar-refractivity contribution is -0.119. The summed E-state index contributed by atoms with van der Waals surface area (Å²) in [6.45, 7) is 3.03. The molecule has 1 amide bonds. The van der Waals surface area contributed by atoms with Gasteiger partial charge in [-0.2, -0.15) is 0 Å². The zero-order valence-electron chi connectivity index (χ0n) is 12.6. The Morgan fingerprint density at radius 1 is 1.14 bits per heavy atom. The molecule has 4 heteroatoms. The molecule has 0 unspecified atom stereocenters. The number of nitrogens with two attached hydrogens (primary N) is 1. The first-order chi connectivity index (χ1) is 10.2. The van der Waals surface area contributed by atoms with E-state index in [9.17, 15) is 4.79 Å². The first-order valence-corrected chi connectivity index (χ1v) is 8.06. The van der Waals surface area contributed by atoms with Crippen LogP contribution in [0.15, 0.2) is 24.3 Å². The molecule has 0 aromatic heterocycles. The van der Waals surface area contributed by atoms with E-state index in [2.05, 4.69) is 34.5 Å². The summed E-state index contributed by atoms with van der Waals surface area (Å²) in [6, 6.07) is 9.64. The summed E-state index contributed by atoms with van der Waals surface area (Å²) in [5.41, 5.74) is 7.93. The molecule has 1 aliphatic carbocycles. The number of benzene rings is 1. The molecule has 0 radical (unpaired) electrons. The van der Waals surface area contributed by atoms with Crippen LogP contribution in [0, 0.1) is 5.92 Å². The Hall–Kier alpha value is -1.55. The molecule has 0 atom stereocenters. The number of rotatable bonds is 6. The van der Waals surface area contributed by atoms with Crippen molar-refractivity contribution in [2.24, 2.45) is 11.7 Å². The molecule has 0 bridgehead atoms. The lowest BCUT2D eigenvalue weighted by Crippen LogP contribution is -2.35. The van der Waals surface area contributed by atoms with E-state index in [1.165, 1.54) is 24.1 Å². The highest BCUT2D eigenvalue weighted by Crippen LogP contribution is 2.25. The van der Waals surface area contributed by atoms with Gasteiger partial charge in [0.2, 0.25) is 5.91 Å². The monoisotopic (exact) mass is 287 g/mol. The number of carbonyl (C=O) groups is 1. The molecule has 1 heterocycles. The Kier molecular flexibility index (Phi) is 4.44. The lowest BCUT2D eigenvalue weighted by atomic mass is 9.93. The number of hydrogen-bond acceptors (Lipinski definition) is 3. The number of amides is 1. The van der Waals surface area contributed by atoms with Crippen LogP contribution in [0.5, 0.6) is 0 Å². The first-order valence-electron chi connectivity index (χ1n) is 8.06. The third-order valence-electron chi connectivity index (χ3n) is 4.58. The predicted octanol–water partition coefficient (Wildman–Crippen LogP) is 2.03. The van der Waals surface area contributed by atoms with Crippen molar-refractivity contribution in [1.29, 1.82) is 0 Å². The van der Waals surface area contributed by atoms with Crippen molar-refractivity contribution in [2.75, 3.05) is 18.0 Å². The molecule has 2 aliphatic rings. The lowest BCUT2D eigenvalue weighted by Gasteiger charge is -2.33. The second-order valence-corrected chi connectivity index (χ2v) is 6.42. The van der Waals surface area contributed by atoms with Crippen LogP contribution >= 0.6 is 0 Å². The Labute approximate surface area is 126 Å². The van der Waals surface area contributed by atoms with Gasteiger partial charge in [-0.05, 0) is 49.3 Å². The van der Waals surface area contributed by atoms with Gasteiger partial charge in [0.05, 0.1) is 0 Å². The summed E-state index contributed by atoms with van der Waals surface area (Å²) in [7, 11) is 0. The van der Waals surface area contributed by atoms with E-state index in [0.29, 0.717) is 12.3 Å². The number of carbonyl (C=O) groups excluding carboxylic acids is 1. The topological polar surface area (TPSA) is 58.4 Å². The normalized spacial score (nSPS) is 19.7. The number of nitrogens with one attached hydrogen (secondary N) is 1. The third kappa shape index (κ3) is 4.21. The summed E-state index contributed by atoms with van der Waals surface area (Å²) in [5, 5.41) is 3.54. The van der Waals surface area contributed by atoms with Crippen molar-refractivity contribution in [3.8, 4) is 0 Å². The van der Waals surface area contributed by atoms with Gasteiger partial charge in [0.25, 0.3) is 0 Å². The van der Waals surface area contributed by atoms with E-state index in [4.69, 9.17) is 5.73 Å². The molecule has 1 saturated carbocycles. The molecule has 1 saturated heterocycles. The Morgan fingerprint density at radius 3 is 2.38 bits per heavy atom. The summed E-state index contributed by atoms with van der Waals surface area (Å²) >= 11 is 0. The largest absolute Gasteiger partial charge is 0.372 e. The van der Waals surface area contributed by atoms with Gasteiger partial charge < -0.3 is 16.0 Å². The molecular formula is C17H25N3O. The standard InChI is InChI=1S/C17H25N3O/c18-17(21)11-13-7-9-20(10-8-13)16-5-1-14(2-6-16)12-19-15-3-4-15/h1-2,5-6,13,15,19H,3-4,7-12H2,(H2,18,21). The van der Waals surface area contributed by atoms with E-state index in [1.54, 1.807) is 0 Å². The van der Waals surface area contributed by atoms with E-state index < -0.39 is 0 Å². The molecule has 1 aromatic carbocycles. The Bertz CT molecular complexity index is 473. The van der Waals surface area contributed by atoms with Gasteiger partial charge in [-0.3, -0.25) is 4.79 Å². The van der Waals surface area contributed by atoms with Crippen molar-refractivity contribution in [2.45, 2.75) is 44.7 Å². The van der Waals surface area contributed by atoms with Crippen molar-refractivity contribution in [3.63, 3.8) is 0 Å². The SMILES string of the molecule is NC(=O)CC1CCN(c2ccc(CNC3CC3)cc2)CC1. The van der Waals surface area contributed by atoms with Crippen molar-refractivity contribution in [1.82, 2.24) is 5.32 Å². The highest BCUT2D eigenvalue weighted by Gasteiger charge is 2.21. The number of hydrogen-bond donors (Lipinski definition) is 2. The van der Waals surface area contributed by atoms with Crippen LogP contribution in [-0.4, -0.2) is 25.0 Å². The average Bonchev–Trinajstić information content (AvgIpc) is 3.30. The molecule has 2 fully saturated rings. The van der Waals surface area contributed by atoms with Crippen molar-refractivity contribution < 1.29 is 4.79 Å². The Balaban J connectivity index is 1.49. The van der Waals surface area contributed by atoms with E-state index >= 15 is 0 Å². The van der Waals surface area contributed by atoms with Gasteiger partial charge in [-0.25, -0.2) is 0 Å². The third-order valence-corrected chi connectivity index (χ3v) is 4.58. The predicted molar refractivity (Wildman–Crippen MR) is 85.1 cm³/mol. The van der Waals surface area contributed by atoms with Crippen LogP contribution in [0.4, 0.5) is 5.69 Å². The Morgan fingerprint density at radius 2 is 1.81 bits per heavy atom. The molecule has 1 aliphatic heterocycles. The molecular weight excluding hydrogens is 262 g/mol. The number of anilines is 1. The summed E-state index contributed by atoms with van der Waals surface area (Å²) in [6.07, 6.45) is 5.33. The summed E-state index contributed by atoms with van der Waals surface area (Å²) < 4.78 is 0. The highest BCUT2D eigenvalue weighted by atomic mass is 16.1. The minimum atomic E-state index is -0.166. The molecule has 114 valence electrons. The van der Waals surface area contributed by atoms with Gasteiger partial charge in [-0.15, -0.1) is 0 Å². The van der Waals surface area contributed by atoms with Gasteiger partial charge in [0, 0.05) is 37.8 Å². The fraction of sp³-hybridized carbons (Fsp3) is 0.588. The first kappa shape index (κ1) is 14.4. The average molecular weight is 287 g/mol. The number of primary amides is 1. The number of nitrogens with zero attached hydrogens (tertiary/aromatic N) is 1. The van der Waals surface area contributed by atoms with Gasteiger partial charge in [-0.1, -0.05) is 12.1 Å². The van der Waals surface area contributed by atoms with E-state index in [0.717, 1.165) is 38.5 Å². The zero-order valence-corrected chi connectivity index (χ0v) is 12.6. The maximum Gasteiger partial charge on any atom is 0.217 e. The quantitative estimate of drug-likeness (QED) is 0.841. The molecule has 1 aromatic rings. The highest BCUT2D eigenvalue weighted by molar-refractivity contribution is 5.74. The minimum Gasteiger partial charge on any atom is -0.372 e. The van der Waals surface area contributed by atoms with Crippen LogP contribution in [0.25, 0.3) is 0 Å². The minimum absolute atomic E-state index is 0.166. The van der Waals surface area contributed by atoms with Crippen LogP contribution in [-0.2, 0) is 11.3 Å². The van der Waals surface area contributed by atoms with Crippen LogP contribution in [0.3, 0.4) is 0 Å². The second kappa shape index (κ2) is 6.48. The fourth-order valence-electron chi connectivity index (χ4n) is 3.05.